The fourth-order valence-corrected chi connectivity index (χ4v) is 10.5. The van der Waals surface area contributed by atoms with Gasteiger partial charge in [-0.25, -0.2) is 0 Å². The summed E-state index contributed by atoms with van der Waals surface area (Å²) in [6.07, 6.45) is 0. The first-order valence-electron chi connectivity index (χ1n) is 26.1. The summed E-state index contributed by atoms with van der Waals surface area (Å²) in [5.74, 6) is 0. The molecule has 9 aromatic carbocycles. The van der Waals surface area contributed by atoms with E-state index in [1.54, 1.807) is 0 Å². The lowest BCUT2D eigenvalue weighted by molar-refractivity contribution is 0.591. The van der Waals surface area contributed by atoms with Crippen molar-refractivity contribution in [1.29, 1.82) is 0 Å². The highest BCUT2D eigenvalue weighted by Gasteiger charge is 2.28. The summed E-state index contributed by atoms with van der Waals surface area (Å²) in [5, 5.41) is 0. The summed E-state index contributed by atoms with van der Waals surface area (Å²) in [7, 11) is 0. The quantitative estimate of drug-likeness (QED) is 0.142. The smallest absolute Gasteiger partial charge is 0.0619 e. The molecule has 0 atom stereocenters. The van der Waals surface area contributed by atoms with Gasteiger partial charge in [0.15, 0.2) is 0 Å². The third kappa shape index (κ3) is 9.37. The third-order valence-corrected chi connectivity index (χ3v) is 13.9. The van der Waals surface area contributed by atoms with E-state index in [9.17, 15) is 2.74 Å². The molecule has 0 N–H and O–H groups in total. The minimum atomic E-state index is -0.165. The van der Waals surface area contributed by atoms with E-state index in [2.05, 4.69) is 277 Å². The van der Waals surface area contributed by atoms with E-state index < -0.39 is 0 Å². The molecule has 0 spiro atoms. The van der Waals surface area contributed by atoms with Crippen LogP contribution in [-0.2, 0) is 21.7 Å². The lowest BCUT2D eigenvalue weighted by atomic mass is 9.76. The molecular weight excluding hydrogens is 841 g/mol. The molecule has 0 nitrogen and oxygen atoms in total. The van der Waals surface area contributed by atoms with Gasteiger partial charge < -0.3 is 0 Å². The minimum Gasteiger partial charge on any atom is -0.0619 e. The Hall–Kier alpha value is -7.02. The van der Waals surface area contributed by atoms with Crippen LogP contribution in [0.1, 0.15) is 108 Å². The summed E-state index contributed by atoms with van der Waals surface area (Å²) >= 11 is 0. The Morgan fingerprint density at radius 1 is 0.186 bits per heavy atom. The zero-order chi connectivity index (χ0) is 51.3. The van der Waals surface area contributed by atoms with Crippen LogP contribution < -0.4 is 0 Å². The van der Waals surface area contributed by atoms with Gasteiger partial charge in [0.2, 0.25) is 0 Å². The van der Waals surface area contributed by atoms with Crippen molar-refractivity contribution in [2.24, 2.45) is 0 Å². The topological polar surface area (TPSA) is 0 Å². The molecule has 0 aliphatic carbocycles. The summed E-state index contributed by atoms with van der Waals surface area (Å²) in [6.45, 7) is 27.3. The van der Waals surface area contributed by atoms with Gasteiger partial charge in [0, 0.05) is 0 Å². The van der Waals surface area contributed by atoms with Crippen molar-refractivity contribution in [1.82, 2.24) is 0 Å². The fraction of sp³-hybridized carbons (Fsp3) is 0.229. The first-order valence-corrected chi connectivity index (χ1v) is 25.1. The molecule has 0 saturated carbocycles. The summed E-state index contributed by atoms with van der Waals surface area (Å²) in [4.78, 5) is 0. The van der Waals surface area contributed by atoms with Gasteiger partial charge in [-0.05, 0) is 145 Å². The van der Waals surface area contributed by atoms with Gasteiger partial charge >= 0.3 is 0 Å². The predicted octanol–water partition coefficient (Wildman–Crippen LogP) is 20.2. The van der Waals surface area contributed by atoms with Gasteiger partial charge in [0.1, 0.15) is 0 Å². The van der Waals surface area contributed by atoms with Gasteiger partial charge in [0.05, 0.1) is 2.74 Å². The van der Waals surface area contributed by atoms with E-state index in [1.807, 2.05) is 0 Å². The molecule has 0 aromatic heterocycles. The SMILES string of the molecule is [2H]c1c(-c2ccccc2-c2ccccc2C(C)(C)C)c(-c2ccccc2-c2ccccc2C(C)(C)C)c([2H])c(-c2ccccc2-c2ccccc2C(C)(C)C)c1-c1ccccc1-c1ccccc1C(C)(C)C. The maximum atomic E-state index is 11.3. The van der Waals surface area contributed by atoms with E-state index in [0.717, 1.165) is 89.0 Å². The van der Waals surface area contributed by atoms with Crippen LogP contribution in [0, 0.1) is 0 Å². The van der Waals surface area contributed by atoms with Crippen LogP contribution >= 0.6 is 0 Å². The second-order valence-corrected chi connectivity index (χ2v) is 23.1. The van der Waals surface area contributed by atoms with Crippen molar-refractivity contribution in [2.45, 2.75) is 105 Å². The second kappa shape index (κ2) is 18.7. The van der Waals surface area contributed by atoms with Crippen LogP contribution in [0.2, 0.25) is 0 Å². The van der Waals surface area contributed by atoms with Gasteiger partial charge in [-0.15, -0.1) is 0 Å². The molecule has 0 heteroatoms. The molecular formula is C70H70. The monoisotopic (exact) mass is 913 g/mol. The van der Waals surface area contributed by atoms with E-state index in [0.29, 0.717) is 12.1 Å². The Morgan fingerprint density at radius 2 is 0.314 bits per heavy atom. The largest absolute Gasteiger partial charge is 0.0636 e. The normalized spacial score (nSPS) is 12.7. The van der Waals surface area contributed by atoms with Gasteiger partial charge in [-0.3, -0.25) is 0 Å². The van der Waals surface area contributed by atoms with Crippen molar-refractivity contribution < 1.29 is 2.74 Å². The standard InChI is InChI=1S/C70H70/c1-67(2,3)63-41-25-21-37-55(63)47-29-13-17-33-51(47)59-45-61(53-35-19-15-31-49(53)57-39-23-27-43-65(57)69(7,8)9)62(54-36-20-16-32-50(54)58-40-24-28-44-66(58)70(10,11)12)46-60(59)52-34-18-14-30-48(52)56-38-22-26-42-64(56)68(4,5)6/h13-46H,1-12H3/i45D,46D. The lowest BCUT2D eigenvalue weighted by Gasteiger charge is -2.28. The molecule has 9 rings (SSSR count). The van der Waals surface area contributed by atoms with Crippen molar-refractivity contribution in [2.75, 3.05) is 0 Å². The van der Waals surface area contributed by atoms with Gasteiger partial charge in [-0.1, -0.05) is 277 Å². The maximum absolute atomic E-state index is 11.3. The molecule has 0 saturated heterocycles. The van der Waals surface area contributed by atoms with Crippen LogP contribution in [0.4, 0.5) is 0 Å². The molecule has 0 aliphatic rings. The van der Waals surface area contributed by atoms with Gasteiger partial charge in [0.25, 0.3) is 0 Å². The maximum Gasteiger partial charge on any atom is 0.0636 e. The van der Waals surface area contributed by atoms with Crippen LogP contribution in [0.25, 0.3) is 89.0 Å². The number of hydrogen-bond acceptors (Lipinski definition) is 0. The predicted molar refractivity (Wildman–Crippen MR) is 305 cm³/mol. The zero-order valence-corrected chi connectivity index (χ0v) is 43.5. The molecule has 350 valence electrons. The van der Waals surface area contributed by atoms with Crippen LogP contribution in [-0.4, -0.2) is 0 Å². The van der Waals surface area contributed by atoms with E-state index >= 15 is 0 Å². The third-order valence-electron chi connectivity index (χ3n) is 13.9. The minimum absolute atomic E-state index is 0.165. The molecule has 0 fully saturated rings. The Labute approximate surface area is 423 Å². The van der Waals surface area contributed by atoms with Crippen molar-refractivity contribution in [3.05, 3.63) is 228 Å². The van der Waals surface area contributed by atoms with Crippen LogP contribution in [0.5, 0.6) is 0 Å². The van der Waals surface area contributed by atoms with Crippen molar-refractivity contribution >= 4 is 0 Å². The fourth-order valence-electron chi connectivity index (χ4n) is 10.5. The van der Waals surface area contributed by atoms with Crippen molar-refractivity contribution in [3.63, 3.8) is 0 Å². The highest BCUT2D eigenvalue weighted by molar-refractivity contribution is 6.05. The summed E-state index contributed by atoms with van der Waals surface area (Å²) < 4.78 is 22.6. The molecule has 0 radical (unpaired) electrons. The number of benzene rings is 9. The Morgan fingerprint density at radius 3 is 0.471 bits per heavy atom. The molecule has 0 heterocycles. The van der Waals surface area contributed by atoms with Crippen molar-refractivity contribution in [3.8, 4) is 89.0 Å². The molecule has 0 amide bonds. The molecule has 70 heavy (non-hydrogen) atoms. The van der Waals surface area contributed by atoms with Gasteiger partial charge in [-0.2, -0.15) is 0 Å². The molecule has 0 bridgehead atoms. The summed E-state index contributed by atoms with van der Waals surface area (Å²) in [5.41, 5.74) is 19.5. The molecule has 9 aromatic rings. The van der Waals surface area contributed by atoms with Crippen LogP contribution in [0.3, 0.4) is 0 Å². The first-order chi connectivity index (χ1) is 34.2. The Kier molecular flexibility index (Phi) is 12.1. The second-order valence-electron chi connectivity index (χ2n) is 23.1. The Balaban J connectivity index is 1.54. The number of rotatable bonds is 8. The highest BCUT2D eigenvalue weighted by Crippen LogP contribution is 2.52. The van der Waals surface area contributed by atoms with E-state index in [-0.39, 0.29) is 21.7 Å². The molecule has 0 aliphatic heterocycles. The average Bonchev–Trinajstić information content (AvgIpc) is 3.36. The Bertz CT molecular complexity index is 3010. The average molecular weight is 913 g/mol. The summed E-state index contributed by atoms with van der Waals surface area (Å²) in [6, 6.07) is 70.2. The first kappa shape index (κ1) is 45.4. The number of hydrogen-bond donors (Lipinski definition) is 0. The molecule has 0 unspecified atom stereocenters. The van der Waals surface area contributed by atoms with Crippen LogP contribution in [0.15, 0.2) is 206 Å². The van der Waals surface area contributed by atoms with E-state index in [4.69, 9.17) is 0 Å². The lowest BCUT2D eigenvalue weighted by Crippen LogP contribution is -2.13. The zero-order valence-electron chi connectivity index (χ0n) is 45.5. The highest BCUT2D eigenvalue weighted by atomic mass is 14.3. The van der Waals surface area contributed by atoms with E-state index in [1.165, 1.54) is 22.3 Å².